The van der Waals surface area contributed by atoms with Crippen LogP contribution >= 0.6 is 0 Å². The summed E-state index contributed by atoms with van der Waals surface area (Å²) in [5.74, 6) is 1.51. The van der Waals surface area contributed by atoms with Crippen molar-refractivity contribution in [2.45, 2.75) is 52.5 Å². The minimum absolute atomic E-state index is 0.0725. The van der Waals surface area contributed by atoms with Gasteiger partial charge in [0, 0.05) is 6.04 Å². The van der Waals surface area contributed by atoms with E-state index in [4.69, 9.17) is 0 Å². The summed E-state index contributed by atoms with van der Waals surface area (Å²) in [7, 11) is 0. The fraction of sp³-hybridized carbons (Fsp3) is 0.769. The lowest BCUT2D eigenvalue weighted by Gasteiger charge is -2.32. The first-order valence-electron chi connectivity index (χ1n) is 6.10. The van der Waals surface area contributed by atoms with Crippen LogP contribution in [-0.2, 0) is 4.79 Å². The van der Waals surface area contributed by atoms with Crippen molar-refractivity contribution in [2.24, 2.45) is 11.8 Å². The molecule has 86 valence electrons. The minimum atomic E-state index is 0.0725. The van der Waals surface area contributed by atoms with Crippen LogP contribution in [0.5, 0.6) is 0 Å². The van der Waals surface area contributed by atoms with Crippen LogP contribution in [0.1, 0.15) is 46.5 Å². The third-order valence-corrected chi connectivity index (χ3v) is 3.26. The van der Waals surface area contributed by atoms with Crippen LogP contribution in [0.3, 0.4) is 0 Å². The molecule has 15 heavy (non-hydrogen) atoms. The Morgan fingerprint density at radius 3 is 2.73 bits per heavy atom. The van der Waals surface area contributed by atoms with Gasteiger partial charge in [-0.1, -0.05) is 26.8 Å². The summed E-state index contributed by atoms with van der Waals surface area (Å²) in [5, 5.41) is 3.10. The van der Waals surface area contributed by atoms with Gasteiger partial charge in [0.05, 0.1) is 0 Å². The highest BCUT2D eigenvalue weighted by Crippen LogP contribution is 2.28. The van der Waals surface area contributed by atoms with E-state index in [0.717, 1.165) is 18.8 Å². The molecule has 2 heteroatoms. The van der Waals surface area contributed by atoms with Gasteiger partial charge in [0.25, 0.3) is 0 Å². The quantitative estimate of drug-likeness (QED) is 0.711. The molecular formula is C13H23NO. The molecule has 0 aromatic heterocycles. The van der Waals surface area contributed by atoms with Crippen molar-refractivity contribution in [3.05, 3.63) is 12.2 Å². The topological polar surface area (TPSA) is 29.1 Å². The van der Waals surface area contributed by atoms with Gasteiger partial charge in [-0.25, -0.2) is 0 Å². The summed E-state index contributed by atoms with van der Waals surface area (Å²) in [6.07, 6.45) is 8.10. The average Bonchev–Trinajstić information content (AvgIpc) is 2.19. The van der Waals surface area contributed by atoms with E-state index in [-0.39, 0.29) is 5.91 Å². The van der Waals surface area contributed by atoms with Crippen LogP contribution in [0.25, 0.3) is 0 Å². The lowest BCUT2D eigenvalue weighted by Crippen LogP contribution is -2.41. The number of allylic oxidation sites excluding steroid dienone is 1. The smallest absolute Gasteiger partial charge is 0.243 e. The Morgan fingerprint density at radius 1 is 1.40 bits per heavy atom. The second-order valence-electron chi connectivity index (χ2n) is 4.82. The SMILES string of the molecule is CC/C=C/C(=O)NC1CCC(C)CC1C. The van der Waals surface area contributed by atoms with E-state index in [2.05, 4.69) is 19.2 Å². The molecule has 1 aliphatic rings. The molecule has 0 aliphatic heterocycles. The molecule has 1 fully saturated rings. The summed E-state index contributed by atoms with van der Waals surface area (Å²) < 4.78 is 0. The predicted octanol–water partition coefficient (Wildman–Crippen LogP) is 2.89. The van der Waals surface area contributed by atoms with E-state index in [1.54, 1.807) is 6.08 Å². The highest BCUT2D eigenvalue weighted by Gasteiger charge is 2.25. The first kappa shape index (κ1) is 12.3. The van der Waals surface area contributed by atoms with Crippen LogP contribution in [0.4, 0.5) is 0 Å². The lowest BCUT2D eigenvalue weighted by atomic mass is 9.80. The van der Waals surface area contributed by atoms with E-state index in [1.807, 2.05) is 13.0 Å². The standard InChI is InChI=1S/C13H23NO/c1-4-5-6-13(15)14-12-8-7-10(2)9-11(12)3/h5-6,10-12H,4,7-9H2,1-3H3,(H,14,15)/b6-5+. The van der Waals surface area contributed by atoms with E-state index in [9.17, 15) is 4.79 Å². The van der Waals surface area contributed by atoms with Gasteiger partial charge >= 0.3 is 0 Å². The fourth-order valence-corrected chi connectivity index (χ4v) is 2.34. The Hall–Kier alpha value is -0.790. The third kappa shape index (κ3) is 4.06. The molecule has 0 aromatic rings. The normalized spacial score (nSPS) is 31.8. The van der Waals surface area contributed by atoms with Crippen LogP contribution < -0.4 is 5.32 Å². The molecule has 1 rings (SSSR count). The summed E-state index contributed by atoms with van der Waals surface area (Å²) >= 11 is 0. The minimum Gasteiger partial charge on any atom is -0.350 e. The number of nitrogens with one attached hydrogen (secondary N) is 1. The van der Waals surface area contributed by atoms with Gasteiger partial charge in [0.2, 0.25) is 5.91 Å². The second kappa shape index (κ2) is 5.94. The van der Waals surface area contributed by atoms with Gasteiger partial charge in [0.15, 0.2) is 0 Å². The van der Waals surface area contributed by atoms with Gasteiger partial charge in [0.1, 0.15) is 0 Å². The number of carbonyl (C=O) groups is 1. The van der Waals surface area contributed by atoms with Gasteiger partial charge in [-0.2, -0.15) is 0 Å². The highest BCUT2D eigenvalue weighted by molar-refractivity contribution is 5.87. The number of hydrogen-bond acceptors (Lipinski definition) is 1. The van der Waals surface area contributed by atoms with Gasteiger partial charge in [-0.15, -0.1) is 0 Å². The molecule has 1 amide bonds. The molecule has 1 N–H and O–H groups in total. The Morgan fingerprint density at radius 2 is 2.13 bits per heavy atom. The predicted molar refractivity (Wildman–Crippen MR) is 63.5 cm³/mol. The molecule has 0 saturated heterocycles. The maximum atomic E-state index is 11.5. The Balaban J connectivity index is 2.38. The highest BCUT2D eigenvalue weighted by atomic mass is 16.1. The summed E-state index contributed by atoms with van der Waals surface area (Å²) in [6, 6.07) is 0.384. The van der Waals surface area contributed by atoms with E-state index < -0.39 is 0 Å². The van der Waals surface area contributed by atoms with Crippen molar-refractivity contribution >= 4 is 5.91 Å². The Kier molecular flexibility index (Phi) is 4.86. The van der Waals surface area contributed by atoms with Crippen molar-refractivity contribution < 1.29 is 4.79 Å². The molecule has 0 bridgehead atoms. The monoisotopic (exact) mass is 209 g/mol. The van der Waals surface area contributed by atoms with Crippen molar-refractivity contribution in [2.75, 3.05) is 0 Å². The number of amides is 1. The third-order valence-electron chi connectivity index (χ3n) is 3.26. The maximum absolute atomic E-state index is 11.5. The molecule has 2 nitrogen and oxygen atoms in total. The summed E-state index contributed by atoms with van der Waals surface area (Å²) in [5.41, 5.74) is 0. The molecular weight excluding hydrogens is 186 g/mol. The molecule has 1 aliphatic carbocycles. The zero-order valence-electron chi connectivity index (χ0n) is 10.1. The molecule has 0 aromatic carbocycles. The second-order valence-corrected chi connectivity index (χ2v) is 4.82. The molecule has 0 heterocycles. The number of rotatable bonds is 3. The number of hydrogen-bond donors (Lipinski definition) is 1. The first-order valence-corrected chi connectivity index (χ1v) is 6.10. The van der Waals surface area contributed by atoms with Crippen molar-refractivity contribution in [1.29, 1.82) is 0 Å². The molecule has 3 unspecified atom stereocenters. The number of carbonyl (C=O) groups excluding carboxylic acids is 1. The Bertz CT molecular complexity index is 235. The van der Waals surface area contributed by atoms with Gasteiger partial charge in [-0.3, -0.25) is 4.79 Å². The molecule has 1 saturated carbocycles. The van der Waals surface area contributed by atoms with E-state index >= 15 is 0 Å². The zero-order valence-corrected chi connectivity index (χ0v) is 10.1. The van der Waals surface area contributed by atoms with Crippen LogP contribution in [0.15, 0.2) is 12.2 Å². The van der Waals surface area contributed by atoms with Crippen molar-refractivity contribution in [3.8, 4) is 0 Å². The summed E-state index contributed by atoms with van der Waals surface area (Å²) in [6.45, 7) is 6.57. The molecule has 3 atom stereocenters. The van der Waals surface area contributed by atoms with Crippen LogP contribution in [0, 0.1) is 11.8 Å². The maximum Gasteiger partial charge on any atom is 0.243 e. The van der Waals surface area contributed by atoms with Crippen LogP contribution in [-0.4, -0.2) is 11.9 Å². The zero-order chi connectivity index (χ0) is 11.3. The molecule has 0 radical (unpaired) electrons. The molecule has 0 spiro atoms. The first-order chi connectivity index (χ1) is 7.13. The van der Waals surface area contributed by atoms with Gasteiger partial charge < -0.3 is 5.32 Å². The summed E-state index contributed by atoms with van der Waals surface area (Å²) in [4.78, 5) is 11.5. The van der Waals surface area contributed by atoms with Crippen molar-refractivity contribution in [1.82, 2.24) is 5.32 Å². The average molecular weight is 209 g/mol. The van der Waals surface area contributed by atoms with Crippen molar-refractivity contribution in [3.63, 3.8) is 0 Å². The fourth-order valence-electron chi connectivity index (χ4n) is 2.34. The lowest BCUT2D eigenvalue weighted by molar-refractivity contribution is -0.117. The largest absolute Gasteiger partial charge is 0.350 e. The van der Waals surface area contributed by atoms with Crippen LogP contribution in [0.2, 0.25) is 0 Å². The Labute approximate surface area is 93.1 Å². The van der Waals surface area contributed by atoms with Gasteiger partial charge in [-0.05, 0) is 43.6 Å². The van der Waals surface area contributed by atoms with E-state index in [0.29, 0.717) is 12.0 Å². The van der Waals surface area contributed by atoms with E-state index in [1.165, 1.54) is 12.8 Å².